The molecule has 2 nitrogen and oxygen atoms in total. The Hall–Kier alpha value is -3.08. The molecular weight excluding hydrogens is 361 g/mol. The van der Waals surface area contributed by atoms with E-state index in [2.05, 4.69) is 77.4 Å². The van der Waals surface area contributed by atoms with E-state index in [-0.39, 0.29) is 0 Å². The van der Waals surface area contributed by atoms with Gasteiger partial charge in [-0.25, -0.2) is 0 Å². The van der Waals surface area contributed by atoms with Gasteiger partial charge in [0.15, 0.2) is 0 Å². The number of hydrogen-bond acceptors (Lipinski definition) is 2. The third kappa shape index (κ3) is 2.13. The summed E-state index contributed by atoms with van der Waals surface area (Å²) in [7, 11) is 1.18. The summed E-state index contributed by atoms with van der Waals surface area (Å²) in [6.45, 7) is 0. The van der Waals surface area contributed by atoms with Gasteiger partial charge in [-0.05, 0) is 30.3 Å². The lowest BCUT2D eigenvalue weighted by Crippen LogP contribution is -2.12. The van der Waals surface area contributed by atoms with E-state index in [4.69, 9.17) is 0 Å². The van der Waals surface area contributed by atoms with Crippen LogP contribution in [0.1, 0.15) is 0 Å². The minimum absolute atomic E-state index is 0.817. The van der Waals surface area contributed by atoms with E-state index >= 15 is 0 Å². The van der Waals surface area contributed by atoms with Gasteiger partial charge in [-0.15, -0.1) is 11.3 Å². The van der Waals surface area contributed by atoms with Crippen molar-refractivity contribution in [1.82, 2.24) is 4.57 Å². The van der Waals surface area contributed by atoms with Crippen LogP contribution in [0.25, 0.3) is 47.7 Å². The molecule has 0 amide bonds. The predicted molar refractivity (Wildman–Crippen MR) is 121 cm³/mol. The number of thiophene rings is 1. The number of nitrogens with zero attached hydrogens (tertiary/aromatic N) is 1. The van der Waals surface area contributed by atoms with Crippen molar-refractivity contribution in [3.8, 4) is 5.69 Å². The molecule has 6 rings (SSSR count). The van der Waals surface area contributed by atoms with Gasteiger partial charge in [0.25, 0.3) is 0 Å². The van der Waals surface area contributed by atoms with Crippen LogP contribution in [0.5, 0.6) is 0 Å². The third-order valence-electron chi connectivity index (χ3n) is 5.46. The molecule has 0 aliphatic carbocycles. The van der Waals surface area contributed by atoms with E-state index in [1.54, 1.807) is 0 Å². The van der Waals surface area contributed by atoms with Gasteiger partial charge in [-0.3, -0.25) is 0 Å². The average molecular weight is 376 g/mol. The van der Waals surface area contributed by atoms with E-state index in [0.29, 0.717) is 0 Å². The van der Waals surface area contributed by atoms with Crippen molar-refractivity contribution in [3.05, 3.63) is 84.9 Å². The van der Waals surface area contributed by atoms with E-state index in [9.17, 15) is 5.02 Å². The Morgan fingerprint density at radius 1 is 0.714 bits per heavy atom. The van der Waals surface area contributed by atoms with E-state index < -0.39 is 0 Å². The molecule has 1 radical (unpaired) electrons. The first-order valence-electron chi connectivity index (χ1n) is 9.26. The minimum atomic E-state index is 0.817. The number of aromatic nitrogens is 1. The summed E-state index contributed by atoms with van der Waals surface area (Å²) in [4.78, 5) is 0. The molecule has 28 heavy (non-hydrogen) atoms. The topological polar surface area (TPSA) is 25.2 Å². The standard InChI is InChI=1S/C24H15BNOS/c27-25-15-10-12-20-19(14-15)23-21(26(20)16-6-2-1-3-7-16)13-11-18-17-8-4-5-9-22(17)28-24(18)23/h1-14,27H. The van der Waals surface area contributed by atoms with Crippen LogP contribution < -0.4 is 5.46 Å². The molecule has 0 fully saturated rings. The van der Waals surface area contributed by atoms with E-state index in [1.165, 1.54) is 43.9 Å². The predicted octanol–water partition coefficient (Wildman–Crippen LogP) is 5.39. The first-order chi connectivity index (χ1) is 13.8. The van der Waals surface area contributed by atoms with Crippen molar-refractivity contribution >= 4 is 66.3 Å². The zero-order valence-corrected chi connectivity index (χ0v) is 15.8. The average Bonchev–Trinajstić information content (AvgIpc) is 3.29. The fraction of sp³-hybridized carbons (Fsp3) is 0. The first-order valence-corrected chi connectivity index (χ1v) is 10.1. The molecule has 0 atom stereocenters. The Morgan fingerprint density at radius 3 is 2.36 bits per heavy atom. The second-order valence-corrected chi connectivity index (χ2v) is 8.06. The van der Waals surface area contributed by atoms with Crippen molar-refractivity contribution in [1.29, 1.82) is 0 Å². The fourth-order valence-corrected chi connectivity index (χ4v) is 5.50. The van der Waals surface area contributed by atoms with Gasteiger partial charge in [0.05, 0.1) is 11.0 Å². The van der Waals surface area contributed by atoms with Gasteiger partial charge in [-0.1, -0.05) is 60.1 Å². The molecule has 6 aromatic rings. The molecular formula is C24H15BNOS. The molecule has 1 N–H and O–H groups in total. The van der Waals surface area contributed by atoms with Gasteiger partial charge in [0.2, 0.25) is 0 Å². The molecule has 4 heteroatoms. The second kappa shape index (κ2) is 5.96. The summed E-state index contributed by atoms with van der Waals surface area (Å²) in [5, 5.41) is 14.6. The molecule has 2 heterocycles. The van der Waals surface area contributed by atoms with Crippen LogP contribution in [0.4, 0.5) is 0 Å². The summed E-state index contributed by atoms with van der Waals surface area (Å²) in [6, 6.07) is 29.7. The summed E-state index contributed by atoms with van der Waals surface area (Å²) >= 11 is 1.84. The van der Waals surface area contributed by atoms with Crippen LogP contribution in [-0.2, 0) is 0 Å². The molecule has 0 unspecified atom stereocenters. The SMILES string of the molecule is O[B]c1ccc2c(c1)c1c3sc4ccccc4c3ccc1n2-c1ccccc1. The Labute approximate surface area is 166 Å². The van der Waals surface area contributed by atoms with Gasteiger partial charge in [0, 0.05) is 36.6 Å². The van der Waals surface area contributed by atoms with Crippen molar-refractivity contribution in [2.45, 2.75) is 0 Å². The number of para-hydroxylation sites is 1. The Bertz CT molecular complexity index is 1500. The molecule has 0 spiro atoms. The molecule has 0 aliphatic rings. The summed E-state index contributed by atoms with van der Waals surface area (Å²) in [5.74, 6) is 0. The third-order valence-corrected chi connectivity index (χ3v) is 6.66. The van der Waals surface area contributed by atoms with Gasteiger partial charge >= 0.3 is 7.48 Å². The monoisotopic (exact) mass is 376 g/mol. The number of fused-ring (bicyclic) bond motifs is 7. The second-order valence-electron chi connectivity index (χ2n) is 7.01. The molecule has 4 aromatic carbocycles. The van der Waals surface area contributed by atoms with Gasteiger partial charge < -0.3 is 9.59 Å². The zero-order chi connectivity index (χ0) is 18.7. The first kappa shape index (κ1) is 15.9. The van der Waals surface area contributed by atoms with Crippen molar-refractivity contribution in [2.24, 2.45) is 0 Å². The van der Waals surface area contributed by atoms with Crippen molar-refractivity contribution in [2.75, 3.05) is 0 Å². The maximum absolute atomic E-state index is 9.59. The molecule has 0 saturated carbocycles. The Kier molecular flexibility index (Phi) is 3.39. The number of rotatable bonds is 2. The minimum Gasteiger partial charge on any atom is -0.450 e. The normalized spacial score (nSPS) is 11.8. The van der Waals surface area contributed by atoms with E-state index in [1.807, 2.05) is 23.5 Å². The molecule has 131 valence electrons. The van der Waals surface area contributed by atoms with Gasteiger partial charge in [-0.2, -0.15) is 0 Å². The largest absolute Gasteiger partial charge is 0.450 e. The lowest BCUT2D eigenvalue weighted by molar-refractivity contribution is 0.615. The lowest BCUT2D eigenvalue weighted by Gasteiger charge is -2.07. The quantitative estimate of drug-likeness (QED) is 0.403. The number of hydrogen-bond donors (Lipinski definition) is 1. The van der Waals surface area contributed by atoms with Gasteiger partial charge in [0.1, 0.15) is 0 Å². The Morgan fingerprint density at radius 2 is 1.50 bits per heavy atom. The number of benzene rings is 4. The molecule has 0 saturated heterocycles. The summed E-state index contributed by atoms with van der Waals surface area (Å²) in [5.41, 5.74) is 4.30. The highest BCUT2D eigenvalue weighted by Gasteiger charge is 2.17. The summed E-state index contributed by atoms with van der Waals surface area (Å²) in [6.07, 6.45) is 0. The van der Waals surface area contributed by atoms with Crippen LogP contribution >= 0.6 is 11.3 Å². The van der Waals surface area contributed by atoms with Crippen molar-refractivity contribution < 1.29 is 5.02 Å². The molecule has 0 bridgehead atoms. The smallest absolute Gasteiger partial charge is 0.326 e. The maximum Gasteiger partial charge on any atom is 0.326 e. The highest BCUT2D eigenvalue weighted by molar-refractivity contribution is 7.26. The van der Waals surface area contributed by atoms with Crippen LogP contribution in [0.15, 0.2) is 84.9 Å². The zero-order valence-electron chi connectivity index (χ0n) is 15.0. The summed E-state index contributed by atoms with van der Waals surface area (Å²) < 4.78 is 4.92. The lowest BCUT2D eigenvalue weighted by atomic mass is 9.88. The van der Waals surface area contributed by atoms with Crippen LogP contribution in [0.2, 0.25) is 0 Å². The highest BCUT2D eigenvalue weighted by atomic mass is 32.1. The Balaban J connectivity index is 1.87. The van der Waals surface area contributed by atoms with Crippen molar-refractivity contribution in [3.63, 3.8) is 0 Å². The highest BCUT2D eigenvalue weighted by Crippen LogP contribution is 2.42. The van der Waals surface area contributed by atoms with Crippen LogP contribution in [-0.4, -0.2) is 17.1 Å². The van der Waals surface area contributed by atoms with Crippen LogP contribution in [0.3, 0.4) is 0 Å². The molecule has 2 aromatic heterocycles. The van der Waals surface area contributed by atoms with Crippen LogP contribution in [0, 0.1) is 0 Å². The fourth-order valence-electron chi connectivity index (χ4n) is 4.24. The maximum atomic E-state index is 9.59. The molecule has 0 aliphatic heterocycles. The van der Waals surface area contributed by atoms with E-state index in [0.717, 1.165) is 16.7 Å².